The highest BCUT2D eigenvalue weighted by Gasteiger charge is 2.39. The molecule has 2 saturated carbocycles. The Morgan fingerprint density at radius 3 is 2.50 bits per heavy atom. The summed E-state index contributed by atoms with van der Waals surface area (Å²) in [6.45, 7) is 0.891. The van der Waals surface area contributed by atoms with Crippen molar-refractivity contribution in [3.63, 3.8) is 0 Å². The Hall–Kier alpha value is -1.90. The second kappa shape index (κ2) is 5.58. The standard InChI is InChI=1S/C21H24N2O/c24-21(16-5-3-15(4-6-16)14-1-2-14)23(19-9-10-19)20-8-7-17-12-22-13-18(17)11-20/h3-6,13-14,19-20H,1-2,7-12H2. The summed E-state index contributed by atoms with van der Waals surface area (Å²) in [7, 11) is 0. The van der Waals surface area contributed by atoms with Crippen LogP contribution in [0.5, 0.6) is 0 Å². The number of nitrogens with zero attached hydrogens (tertiary/aromatic N) is 2. The van der Waals surface area contributed by atoms with Gasteiger partial charge in [0.25, 0.3) is 5.91 Å². The third-order valence-corrected chi connectivity index (χ3v) is 5.99. The van der Waals surface area contributed by atoms with Crippen molar-refractivity contribution in [1.82, 2.24) is 4.90 Å². The van der Waals surface area contributed by atoms with Crippen LogP contribution in [0.1, 0.15) is 66.8 Å². The first-order chi connectivity index (χ1) is 11.8. The smallest absolute Gasteiger partial charge is 0.254 e. The number of hydrogen-bond donors (Lipinski definition) is 0. The van der Waals surface area contributed by atoms with E-state index in [9.17, 15) is 4.79 Å². The molecule has 5 rings (SSSR count). The van der Waals surface area contributed by atoms with Crippen LogP contribution in [-0.2, 0) is 0 Å². The molecule has 1 unspecified atom stereocenters. The fourth-order valence-electron chi connectivity index (χ4n) is 4.28. The minimum Gasteiger partial charge on any atom is -0.332 e. The van der Waals surface area contributed by atoms with Gasteiger partial charge in [0.05, 0.1) is 6.54 Å². The van der Waals surface area contributed by atoms with Crippen LogP contribution in [0.2, 0.25) is 0 Å². The molecule has 0 radical (unpaired) electrons. The van der Waals surface area contributed by atoms with E-state index in [1.54, 1.807) is 0 Å². The molecule has 3 nitrogen and oxygen atoms in total. The number of hydrogen-bond acceptors (Lipinski definition) is 2. The summed E-state index contributed by atoms with van der Waals surface area (Å²) in [5.41, 5.74) is 5.17. The predicted molar refractivity (Wildman–Crippen MR) is 95.6 cm³/mol. The zero-order valence-electron chi connectivity index (χ0n) is 14.1. The largest absolute Gasteiger partial charge is 0.332 e. The summed E-state index contributed by atoms with van der Waals surface area (Å²) < 4.78 is 0. The molecule has 1 aromatic carbocycles. The second-order valence-corrected chi connectivity index (χ2v) is 7.84. The maximum Gasteiger partial charge on any atom is 0.254 e. The van der Waals surface area contributed by atoms with E-state index >= 15 is 0 Å². The molecule has 0 saturated heterocycles. The third-order valence-electron chi connectivity index (χ3n) is 5.99. The number of carbonyl (C=O) groups excluding carboxylic acids is 1. The van der Waals surface area contributed by atoms with Crippen molar-refractivity contribution >= 4 is 12.1 Å². The van der Waals surface area contributed by atoms with Gasteiger partial charge in [-0.15, -0.1) is 0 Å². The molecular formula is C21H24N2O. The monoisotopic (exact) mass is 320 g/mol. The van der Waals surface area contributed by atoms with E-state index < -0.39 is 0 Å². The molecule has 3 heteroatoms. The molecule has 1 amide bonds. The fourth-order valence-corrected chi connectivity index (χ4v) is 4.28. The number of carbonyl (C=O) groups is 1. The lowest BCUT2D eigenvalue weighted by atomic mass is 9.88. The zero-order chi connectivity index (χ0) is 16.1. The van der Waals surface area contributed by atoms with Crippen LogP contribution in [0.15, 0.2) is 40.4 Å². The van der Waals surface area contributed by atoms with Crippen molar-refractivity contribution in [2.75, 3.05) is 6.54 Å². The van der Waals surface area contributed by atoms with Crippen LogP contribution in [0.3, 0.4) is 0 Å². The average Bonchev–Trinajstić information content (AvgIpc) is 3.53. The molecule has 0 spiro atoms. The molecule has 1 heterocycles. The van der Waals surface area contributed by atoms with Crippen molar-refractivity contribution in [1.29, 1.82) is 0 Å². The van der Waals surface area contributed by atoms with Crippen LogP contribution in [0.4, 0.5) is 0 Å². The molecule has 3 aliphatic carbocycles. The van der Waals surface area contributed by atoms with E-state index in [1.165, 1.54) is 42.4 Å². The van der Waals surface area contributed by atoms with Crippen LogP contribution in [0.25, 0.3) is 0 Å². The Bertz CT molecular complexity index is 723. The molecule has 24 heavy (non-hydrogen) atoms. The molecule has 2 fully saturated rings. The van der Waals surface area contributed by atoms with E-state index in [1.807, 2.05) is 6.21 Å². The Balaban J connectivity index is 1.37. The number of benzene rings is 1. The Kier molecular flexibility index (Phi) is 3.36. The van der Waals surface area contributed by atoms with E-state index in [0.29, 0.717) is 12.1 Å². The van der Waals surface area contributed by atoms with Gasteiger partial charge in [-0.1, -0.05) is 12.1 Å². The molecule has 124 valence electrons. The quantitative estimate of drug-likeness (QED) is 0.822. The molecule has 1 aliphatic heterocycles. The van der Waals surface area contributed by atoms with Gasteiger partial charge in [-0.2, -0.15) is 0 Å². The van der Waals surface area contributed by atoms with Gasteiger partial charge < -0.3 is 4.90 Å². The van der Waals surface area contributed by atoms with Gasteiger partial charge >= 0.3 is 0 Å². The van der Waals surface area contributed by atoms with Crippen molar-refractivity contribution in [3.8, 4) is 0 Å². The number of aliphatic imine (C=N–C) groups is 1. The number of amides is 1. The zero-order valence-corrected chi connectivity index (χ0v) is 14.1. The molecule has 1 aromatic rings. The lowest BCUT2D eigenvalue weighted by molar-refractivity contribution is 0.0645. The second-order valence-electron chi connectivity index (χ2n) is 7.84. The normalized spacial score (nSPS) is 25.8. The molecule has 0 bridgehead atoms. The van der Waals surface area contributed by atoms with E-state index in [2.05, 4.69) is 34.2 Å². The Morgan fingerprint density at radius 2 is 1.79 bits per heavy atom. The predicted octanol–water partition coefficient (Wildman–Crippen LogP) is 4.10. The first-order valence-corrected chi connectivity index (χ1v) is 9.43. The van der Waals surface area contributed by atoms with Gasteiger partial charge in [0.15, 0.2) is 0 Å². The Morgan fingerprint density at radius 1 is 1.00 bits per heavy atom. The summed E-state index contributed by atoms with van der Waals surface area (Å²) in [6, 6.07) is 9.26. The number of rotatable bonds is 4. The van der Waals surface area contributed by atoms with Crippen molar-refractivity contribution in [3.05, 3.63) is 46.5 Å². The SMILES string of the molecule is O=C(c1ccc(C2CC2)cc1)N(C1CC1)C1CCC2=C(C=NC2)C1. The van der Waals surface area contributed by atoms with Gasteiger partial charge in [0, 0.05) is 23.9 Å². The molecular weight excluding hydrogens is 296 g/mol. The minimum absolute atomic E-state index is 0.240. The summed E-state index contributed by atoms with van der Waals surface area (Å²) in [5, 5.41) is 0. The lowest BCUT2D eigenvalue weighted by Crippen LogP contribution is -2.43. The minimum atomic E-state index is 0.240. The van der Waals surface area contributed by atoms with Gasteiger partial charge in [-0.25, -0.2) is 0 Å². The van der Waals surface area contributed by atoms with E-state index in [-0.39, 0.29) is 5.91 Å². The van der Waals surface area contributed by atoms with Gasteiger partial charge in [0.1, 0.15) is 0 Å². The van der Waals surface area contributed by atoms with Gasteiger partial charge in [0.2, 0.25) is 0 Å². The summed E-state index contributed by atoms with van der Waals surface area (Å²) in [4.78, 5) is 19.8. The van der Waals surface area contributed by atoms with Crippen LogP contribution in [0, 0.1) is 0 Å². The summed E-state index contributed by atoms with van der Waals surface area (Å²) in [6.07, 6.45) is 10.2. The van der Waals surface area contributed by atoms with Gasteiger partial charge in [-0.05, 0) is 79.7 Å². The highest BCUT2D eigenvalue weighted by atomic mass is 16.2. The van der Waals surface area contributed by atoms with E-state index in [4.69, 9.17) is 0 Å². The summed E-state index contributed by atoms with van der Waals surface area (Å²) in [5.74, 6) is 0.989. The first-order valence-electron chi connectivity index (χ1n) is 9.43. The van der Waals surface area contributed by atoms with Crippen LogP contribution < -0.4 is 0 Å². The first kappa shape index (κ1) is 14.4. The maximum atomic E-state index is 13.2. The van der Waals surface area contributed by atoms with E-state index in [0.717, 1.165) is 37.3 Å². The van der Waals surface area contributed by atoms with Crippen LogP contribution >= 0.6 is 0 Å². The van der Waals surface area contributed by atoms with Crippen molar-refractivity contribution < 1.29 is 4.79 Å². The fraction of sp³-hybridized carbons (Fsp3) is 0.524. The third kappa shape index (κ3) is 2.60. The molecule has 0 aromatic heterocycles. The molecule has 4 aliphatic rings. The van der Waals surface area contributed by atoms with Crippen molar-refractivity contribution in [2.24, 2.45) is 4.99 Å². The van der Waals surface area contributed by atoms with Crippen molar-refractivity contribution in [2.45, 2.75) is 62.9 Å². The van der Waals surface area contributed by atoms with Crippen LogP contribution in [-0.4, -0.2) is 35.7 Å². The Labute approximate surface area is 143 Å². The molecule has 1 atom stereocenters. The highest BCUT2D eigenvalue weighted by molar-refractivity contribution is 5.95. The average molecular weight is 320 g/mol. The molecule has 0 N–H and O–H groups in total. The highest BCUT2D eigenvalue weighted by Crippen LogP contribution is 2.40. The summed E-state index contributed by atoms with van der Waals surface area (Å²) >= 11 is 0. The van der Waals surface area contributed by atoms with Gasteiger partial charge in [-0.3, -0.25) is 9.79 Å². The topological polar surface area (TPSA) is 32.7 Å². The lowest BCUT2D eigenvalue weighted by Gasteiger charge is -2.35. The maximum absolute atomic E-state index is 13.2.